The Bertz CT molecular complexity index is 928. The molecule has 0 aromatic heterocycles. The van der Waals surface area contributed by atoms with Crippen molar-refractivity contribution < 1.29 is 42.9 Å². The first-order chi connectivity index (χ1) is 16.7. The first-order valence-corrected chi connectivity index (χ1v) is 12.2. The molecule has 10 nitrogen and oxygen atoms in total. The summed E-state index contributed by atoms with van der Waals surface area (Å²) >= 11 is 0. The second-order valence-corrected chi connectivity index (χ2v) is 10.9. The number of ether oxygens (including phenoxy) is 5. The first kappa shape index (κ1) is 29.2. The molecule has 36 heavy (non-hydrogen) atoms. The van der Waals surface area contributed by atoms with Crippen LogP contribution in [0.1, 0.15) is 80.1 Å². The molecule has 1 atom stereocenters. The van der Waals surface area contributed by atoms with Gasteiger partial charge in [-0.3, -0.25) is 9.59 Å². The molecule has 10 heteroatoms. The molecular weight excluding hydrogens is 470 g/mol. The molecule has 0 bridgehead atoms. The first-order valence-electron chi connectivity index (χ1n) is 12.2. The van der Waals surface area contributed by atoms with Crippen molar-refractivity contribution in [3.05, 3.63) is 22.8 Å². The van der Waals surface area contributed by atoms with Crippen LogP contribution in [0.15, 0.2) is 22.8 Å². The largest absolute Gasteiger partial charge is 0.469 e. The van der Waals surface area contributed by atoms with E-state index < -0.39 is 47.4 Å². The van der Waals surface area contributed by atoms with E-state index in [0.717, 1.165) is 39.2 Å². The third-order valence-electron chi connectivity index (χ3n) is 5.49. The molecule has 1 fully saturated rings. The van der Waals surface area contributed by atoms with E-state index in [9.17, 15) is 19.2 Å². The fourth-order valence-electron chi connectivity index (χ4n) is 4.03. The third kappa shape index (κ3) is 7.99. The van der Waals surface area contributed by atoms with Crippen LogP contribution in [0.25, 0.3) is 0 Å². The van der Waals surface area contributed by atoms with Crippen LogP contribution in [0.2, 0.25) is 0 Å². The molecule has 0 aromatic rings. The zero-order valence-corrected chi connectivity index (χ0v) is 22.6. The number of nitrogens with one attached hydrogen (secondary N) is 1. The van der Waals surface area contributed by atoms with Crippen LogP contribution in [0.3, 0.4) is 0 Å². The van der Waals surface area contributed by atoms with Gasteiger partial charge in [-0.05, 0) is 54.4 Å². The molecule has 1 N–H and O–H groups in total. The molecule has 0 saturated heterocycles. The van der Waals surface area contributed by atoms with E-state index in [-0.39, 0.29) is 28.8 Å². The number of methoxy groups -OCH3 is 2. The normalized spacial score (nSPS) is 19.3. The quantitative estimate of drug-likeness (QED) is 0.403. The third-order valence-corrected chi connectivity index (χ3v) is 5.49. The summed E-state index contributed by atoms with van der Waals surface area (Å²) in [6, 6.07) is -0.0375. The van der Waals surface area contributed by atoms with Gasteiger partial charge in [0.05, 0.1) is 19.8 Å². The summed E-state index contributed by atoms with van der Waals surface area (Å²) in [6.07, 6.45) is 4.26. The lowest BCUT2D eigenvalue weighted by Gasteiger charge is -2.34. The minimum Gasteiger partial charge on any atom is -0.469 e. The van der Waals surface area contributed by atoms with Gasteiger partial charge in [0.15, 0.2) is 0 Å². The SMILES string of the molecule is COC(=O)CC1=C(C(=O)OC)C(C(=O)OC(C)(C)C)C(C(=O)OC(C)(C)C)=C(NC2CCCCC2)O1. The molecule has 1 saturated carbocycles. The minimum absolute atomic E-state index is 0.0375. The van der Waals surface area contributed by atoms with Crippen LogP contribution >= 0.6 is 0 Å². The molecule has 2 rings (SSSR count). The van der Waals surface area contributed by atoms with Gasteiger partial charge in [-0.15, -0.1) is 0 Å². The highest BCUT2D eigenvalue weighted by Crippen LogP contribution is 2.38. The molecule has 202 valence electrons. The maximum absolute atomic E-state index is 13.6. The Hall–Kier alpha value is -3.04. The summed E-state index contributed by atoms with van der Waals surface area (Å²) in [6.45, 7) is 10.1. The van der Waals surface area contributed by atoms with Gasteiger partial charge in [0.2, 0.25) is 5.88 Å². The molecule has 0 spiro atoms. The van der Waals surface area contributed by atoms with Crippen LogP contribution < -0.4 is 5.32 Å². The van der Waals surface area contributed by atoms with E-state index in [4.69, 9.17) is 23.7 Å². The van der Waals surface area contributed by atoms with Gasteiger partial charge in [0.1, 0.15) is 34.9 Å². The molecule has 1 aliphatic heterocycles. The monoisotopic (exact) mass is 509 g/mol. The number of rotatable bonds is 7. The predicted molar refractivity (Wildman–Crippen MR) is 129 cm³/mol. The average molecular weight is 510 g/mol. The van der Waals surface area contributed by atoms with Gasteiger partial charge >= 0.3 is 23.9 Å². The predicted octanol–water partition coefficient (Wildman–Crippen LogP) is 3.44. The lowest BCUT2D eigenvalue weighted by molar-refractivity contribution is -0.163. The summed E-state index contributed by atoms with van der Waals surface area (Å²) in [4.78, 5) is 52.2. The molecule has 0 amide bonds. The van der Waals surface area contributed by atoms with Crippen molar-refractivity contribution in [2.45, 2.75) is 97.3 Å². The molecule has 1 heterocycles. The summed E-state index contributed by atoms with van der Waals surface area (Å²) in [7, 11) is 2.32. The van der Waals surface area contributed by atoms with Crippen molar-refractivity contribution in [3.8, 4) is 0 Å². The summed E-state index contributed by atoms with van der Waals surface area (Å²) in [5, 5.41) is 3.23. The number of carbonyl (C=O) groups excluding carboxylic acids is 4. The number of hydrogen-bond acceptors (Lipinski definition) is 10. The van der Waals surface area contributed by atoms with Crippen molar-refractivity contribution in [3.63, 3.8) is 0 Å². The van der Waals surface area contributed by atoms with Crippen LogP contribution in [0.4, 0.5) is 0 Å². The second kappa shape index (κ2) is 11.8. The van der Waals surface area contributed by atoms with E-state index in [2.05, 4.69) is 5.32 Å². The second-order valence-electron chi connectivity index (χ2n) is 10.9. The Labute approximate surface area is 212 Å². The fraction of sp³-hybridized carbons (Fsp3) is 0.692. The summed E-state index contributed by atoms with van der Waals surface area (Å²) in [5.74, 6) is -5.12. The average Bonchev–Trinajstić information content (AvgIpc) is 2.76. The van der Waals surface area contributed by atoms with Crippen molar-refractivity contribution >= 4 is 23.9 Å². The van der Waals surface area contributed by atoms with Crippen molar-refractivity contribution in [1.29, 1.82) is 0 Å². The minimum atomic E-state index is -1.55. The lowest BCUT2D eigenvalue weighted by atomic mass is 9.86. The van der Waals surface area contributed by atoms with Crippen molar-refractivity contribution in [2.24, 2.45) is 5.92 Å². The van der Waals surface area contributed by atoms with E-state index in [1.807, 2.05) is 0 Å². The van der Waals surface area contributed by atoms with Crippen LogP contribution in [-0.2, 0) is 42.9 Å². The van der Waals surface area contributed by atoms with Gasteiger partial charge in [0.25, 0.3) is 0 Å². The Morgan fingerprint density at radius 3 is 1.92 bits per heavy atom. The van der Waals surface area contributed by atoms with Crippen molar-refractivity contribution in [1.82, 2.24) is 5.32 Å². The number of esters is 4. The van der Waals surface area contributed by atoms with Gasteiger partial charge in [-0.2, -0.15) is 0 Å². The van der Waals surface area contributed by atoms with Crippen LogP contribution in [-0.4, -0.2) is 55.3 Å². The van der Waals surface area contributed by atoms with E-state index in [0.29, 0.717) is 0 Å². The van der Waals surface area contributed by atoms with Gasteiger partial charge < -0.3 is 29.0 Å². The standard InChI is InChI=1S/C26H39NO9/c1-25(2,3)35-23(30)19-18(22(29)33-8)16(14-17(28)32-7)34-21(27-15-12-10-9-11-13-15)20(19)24(31)36-26(4,5)6/h15,19,27H,9-14H2,1-8H3. The number of hydrogen-bond donors (Lipinski definition) is 1. The van der Waals surface area contributed by atoms with Crippen molar-refractivity contribution in [2.75, 3.05) is 14.2 Å². The molecule has 1 unspecified atom stereocenters. The zero-order chi connectivity index (χ0) is 27.3. The molecule has 0 aromatic carbocycles. The maximum Gasteiger partial charge on any atom is 0.341 e. The van der Waals surface area contributed by atoms with E-state index >= 15 is 0 Å². The van der Waals surface area contributed by atoms with E-state index in [1.54, 1.807) is 41.5 Å². The fourth-order valence-corrected chi connectivity index (χ4v) is 4.03. The smallest absolute Gasteiger partial charge is 0.341 e. The summed E-state index contributed by atoms with van der Waals surface area (Å²) in [5.41, 5.74) is -2.36. The Kier molecular flexibility index (Phi) is 9.57. The topological polar surface area (TPSA) is 126 Å². The van der Waals surface area contributed by atoms with E-state index in [1.165, 1.54) is 7.11 Å². The van der Waals surface area contributed by atoms with Crippen LogP contribution in [0, 0.1) is 5.92 Å². The molecule has 0 radical (unpaired) electrons. The zero-order valence-electron chi connectivity index (χ0n) is 22.6. The Morgan fingerprint density at radius 1 is 0.833 bits per heavy atom. The highest BCUT2D eigenvalue weighted by atomic mass is 16.6. The molecule has 2 aliphatic rings. The van der Waals surface area contributed by atoms with Gasteiger partial charge in [-0.1, -0.05) is 19.3 Å². The maximum atomic E-state index is 13.6. The Balaban J connectivity index is 2.74. The molecular formula is C26H39NO9. The summed E-state index contributed by atoms with van der Waals surface area (Å²) < 4.78 is 26.9. The van der Waals surface area contributed by atoms with Gasteiger partial charge in [-0.25, -0.2) is 9.59 Å². The van der Waals surface area contributed by atoms with Gasteiger partial charge in [0, 0.05) is 6.04 Å². The highest BCUT2D eigenvalue weighted by Gasteiger charge is 2.48. The molecule has 1 aliphatic carbocycles. The van der Waals surface area contributed by atoms with Crippen LogP contribution in [0.5, 0.6) is 0 Å². The Morgan fingerprint density at radius 2 is 1.42 bits per heavy atom. The lowest BCUT2D eigenvalue weighted by Crippen LogP contribution is -2.43. The number of carbonyl (C=O) groups is 4. The highest BCUT2D eigenvalue weighted by molar-refractivity contribution is 6.05.